The first kappa shape index (κ1) is 14.9. The molecular weight excluding hydrogens is 264 g/mol. The Morgan fingerprint density at radius 2 is 1.85 bits per heavy atom. The molecule has 3 heteroatoms. The van der Waals surface area contributed by atoms with Gasteiger partial charge in [0.1, 0.15) is 5.82 Å². The van der Waals surface area contributed by atoms with Gasteiger partial charge in [0.2, 0.25) is 0 Å². The molecule has 0 fully saturated rings. The number of thioether (sulfide) groups is 1. The molecule has 1 aromatic carbocycles. The smallest absolute Gasteiger partial charge is 0.125 e. The Labute approximate surface area is 126 Å². The van der Waals surface area contributed by atoms with Crippen molar-refractivity contribution >= 4 is 17.6 Å². The molecule has 0 amide bonds. The molecular formula is C17H22N2S. The van der Waals surface area contributed by atoms with Crippen LogP contribution in [0.15, 0.2) is 47.5 Å². The van der Waals surface area contributed by atoms with Gasteiger partial charge in [-0.3, -0.25) is 0 Å². The molecule has 1 heterocycles. The van der Waals surface area contributed by atoms with Crippen LogP contribution >= 0.6 is 11.8 Å². The molecule has 0 radical (unpaired) electrons. The van der Waals surface area contributed by atoms with Gasteiger partial charge in [0.25, 0.3) is 0 Å². The topological polar surface area (TPSA) is 24.9 Å². The summed E-state index contributed by atoms with van der Waals surface area (Å²) in [5, 5.41) is 3.21. The zero-order valence-corrected chi connectivity index (χ0v) is 13.2. The molecule has 1 N–H and O–H groups in total. The van der Waals surface area contributed by atoms with E-state index in [-0.39, 0.29) is 0 Å². The van der Waals surface area contributed by atoms with Gasteiger partial charge in [-0.15, -0.1) is 11.8 Å². The number of aromatic nitrogens is 1. The van der Waals surface area contributed by atoms with Crippen molar-refractivity contribution in [1.82, 2.24) is 4.98 Å². The van der Waals surface area contributed by atoms with Crippen LogP contribution in [0.3, 0.4) is 0 Å². The average Bonchev–Trinajstić information content (AvgIpc) is 2.47. The number of hydrogen-bond acceptors (Lipinski definition) is 3. The molecule has 0 spiro atoms. The van der Waals surface area contributed by atoms with Crippen molar-refractivity contribution in [2.75, 3.05) is 11.9 Å². The second-order valence-corrected chi connectivity index (χ2v) is 6.14. The first-order chi connectivity index (χ1) is 9.69. The van der Waals surface area contributed by atoms with E-state index in [9.17, 15) is 0 Å². The van der Waals surface area contributed by atoms with E-state index in [1.165, 1.54) is 16.0 Å². The lowest BCUT2D eigenvalue weighted by molar-refractivity contribution is 0.865. The van der Waals surface area contributed by atoms with Crippen molar-refractivity contribution < 1.29 is 0 Å². The third kappa shape index (κ3) is 4.27. The Balaban J connectivity index is 1.91. The van der Waals surface area contributed by atoms with E-state index in [0.717, 1.165) is 18.1 Å². The molecule has 2 rings (SSSR count). The largest absolute Gasteiger partial charge is 0.370 e. The van der Waals surface area contributed by atoms with Gasteiger partial charge in [-0.1, -0.05) is 32.0 Å². The Morgan fingerprint density at radius 1 is 1.10 bits per heavy atom. The average molecular weight is 286 g/mol. The Hall–Kier alpha value is -1.48. The van der Waals surface area contributed by atoms with Crippen LogP contribution < -0.4 is 5.32 Å². The maximum absolute atomic E-state index is 4.39. The summed E-state index contributed by atoms with van der Waals surface area (Å²) >= 11 is 1.85. The highest BCUT2D eigenvalue weighted by Crippen LogP contribution is 2.25. The molecule has 0 bridgehead atoms. The maximum Gasteiger partial charge on any atom is 0.125 e. The van der Waals surface area contributed by atoms with Crippen LogP contribution in [0.2, 0.25) is 0 Å². The van der Waals surface area contributed by atoms with Gasteiger partial charge in [0.05, 0.1) is 0 Å². The first-order valence-corrected chi connectivity index (χ1v) is 8.09. The molecule has 0 saturated carbocycles. The molecule has 2 aromatic rings. The lowest BCUT2D eigenvalue weighted by Gasteiger charge is -2.07. The van der Waals surface area contributed by atoms with Gasteiger partial charge in [-0.25, -0.2) is 4.98 Å². The molecule has 0 aliphatic carbocycles. The van der Waals surface area contributed by atoms with Crippen LogP contribution in [-0.2, 0) is 5.75 Å². The number of pyridine rings is 1. The Bertz CT molecular complexity index is 518. The number of benzene rings is 1. The number of rotatable bonds is 6. The fourth-order valence-corrected chi connectivity index (χ4v) is 2.74. The Morgan fingerprint density at radius 3 is 2.40 bits per heavy atom. The van der Waals surface area contributed by atoms with E-state index in [1.54, 1.807) is 0 Å². The van der Waals surface area contributed by atoms with Gasteiger partial charge in [0.15, 0.2) is 0 Å². The molecule has 2 nitrogen and oxygen atoms in total. The summed E-state index contributed by atoms with van der Waals surface area (Å²) in [5.41, 5.74) is 2.65. The van der Waals surface area contributed by atoms with E-state index < -0.39 is 0 Å². The highest BCUT2D eigenvalue weighted by molar-refractivity contribution is 7.98. The fraction of sp³-hybridized carbons (Fsp3) is 0.353. The standard InChI is InChI=1S/C17H22N2S/c1-4-18-17-10-5-14(11-19-17)12-20-16-8-6-15(7-9-16)13(2)3/h5-11,13H,4,12H2,1-3H3,(H,18,19). The number of nitrogens with one attached hydrogen (secondary N) is 1. The summed E-state index contributed by atoms with van der Waals surface area (Å²) < 4.78 is 0. The highest BCUT2D eigenvalue weighted by atomic mass is 32.2. The molecule has 0 unspecified atom stereocenters. The van der Waals surface area contributed by atoms with Gasteiger partial charge >= 0.3 is 0 Å². The molecule has 106 valence electrons. The van der Waals surface area contributed by atoms with Gasteiger partial charge in [-0.05, 0) is 42.2 Å². The van der Waals surface area contributed by atoms with Crippen LogP contribution in [0.4, 0.5) is 5.82 Å². The minimum absolute atomic E-state index is 0.594. The summed E-state index contributed by atoms with van der Waals surface area (Å²) in [5.74, 6) is 2.50. The van der Waals surface area contributed by atoms with Crippen molar-refractivity contribution in [1.29, 1.82) is 0 Å². The normalized spacial score (nSPS) is 10.8. The Kier molecular flexibility index (Phi) is 5.48. The zero-order valence-electron chi connectivity index (χ0n) is 12.4. The third-order valence-electron chi connectivity index (χ3n) is 3.13. The van der Waals surface area contributed by atoms with Crippen molar-refractivity contribution in [2.24, 2.45) is 0 Å². The summed E-state index contributed by atoms with van der Waals surface area (Å²) in [7, 11) is 0. The summed E-state index contributed by atoms with van der Waals surface area (Å²) in [6.07, 6.45) is 1.95. The van der Waals surface area contributed by atoms with E-state index in [0.29, 0.717) is 5.92 Å². The lowest BCUT2D eigenvalue weighted by atomic mass is 10.0. The monoisotopic (exact) mass is 286 g/mol. The molecule has 1 aromatic heterocycles. The zero-order chi connectivity index (χ0) is 14.4. The second kappa shape index (κ2) is 7.34. The van der Waals surface area contributed by atoms with E-state index in [2.05, 4.69) is 61.4 Å². The minimum Gasteiger partial charge on any atom is -0.370 e. The van der Waals surface area contributed by atoms with E-state index >= 15 is 0 Å². The van der Waals surface area contributed by atoms with Crippen molar-refractivity contribution in [3.05, 3.63) is 53.7 Å². The molecule has 20 heavy (non-hydrogen) atoms. The van der Waals surface area contributed by atoms with Crippen LogP contribution in [0.25, 0.3) is 0 Å². The highest BCUT2D eigenvalue weighted by Gasteiger charge is 2.01. The predicted molar refractivity (Wildman–Crippen MR) is 88.5 cm³/mol. The maximum atomic E-state index is 4.39. The minimum atomic E-state index is 0.594. The first-order valence-electron chi connectivity index (χ1n) is 7.10. The van der Waals surface area contributed by atoms with Crippen molar-refractivity contribution in [2.45, 2.75) is 37.3 Å². The second-order valence-electron chi connectivity index (χ2n) is 5.09. The third-order valence-corrected chi connectivity index (χ3v) is 4.22. The van der Waals surface area contributed by atoms with Crippen LogP contribution in [0.5, 0.6) is 0 Å². The fourth-order valence-electron chi connectivity index (χ4n) is 1.91. The van der Waals surface area contributed by atoms with Crippen molar-refractivity contribution in [3.8, 4) is 0 Å². The van der Waals surface area contributed by atoms with Crippen molar-refractivity contribution in [3.63, 3.8) is 0 Å². The molecule has 0 aliphatic heterocycles. The molecule has 0 atom stereocenters. The lowest BCUT2D eigenvalue weighted by Crippen LogP contribution is -1.98. The summed E-state index contributed by atoms with van der Waals surface area (Å²) in [6.45, 7) is 7.43. The molecule has 0 saturated heterocycles. The predicted octanol–water partition coefficient (Wildman–Crippen LogP) is 4.93. The number of nitrogens with zero attached hydrogens (tertiary/aromatic N) is 1. The van der Waals surface area contributed by atoms with Gasteiger partial charge < -0.3 is 5.32 Å². The van der Waals surface area contributed by atoms with Crippen LogP contribution in [-0.4, -0.2) is 11.5 Å². The summed E-state index contributed by atoms with van der Waals surface area (Å²) in [6, 6.07) is 13.0. The number of hydrogen-bond donors (Lipinski definition) is 1. The molecule has 0 aliphatic rings. The van der Waals surface area contributed by atoms with Crippen LogP contribution in [0.1, 0.15) is 37.8 Å². The number of anilines is 1. The summed E-state index contributed by atoms with van der Waals surface area (Å²) in [4.78, 5) is 5.70. The quantitative estimate of drug-likeness (QED) is 0.762. The van der Waals surface area contributed by atoms with E-state index in [1.807, 2.05) is 24.0 Å². The van der Waals surface area contributed by atoms with Crippen LogP contribution in [0, 0.1) is 0 Å². The van der Waals surface area contributed by atoms with E-state index in [4.69, 9.17) is 0 Å². The van der Waals surface area contributed by atoms with Gasteiger partial charge in [-0.2, -0.15) is 0 Å². The van der Waals surface area contributed by atoms with Gasteiger partial charge in [0, 0.05) is 23.4 Å². The SMILES string of the molecule is CCNc1ccc(CSc2ccc(C(C)C)cc2)cn1.